The van der Waals surface area contributed by atoms with E-state index in [1.54, 1.807) is 11.1 Å². The minimum atomic E-state index is -0.668. The Labute approximate surface area is 182 Å². The molecule has 3 heterocycles. The van der Waals surface area contributed by atoms with Gasteiger partial charge >= 0.3 is 5.97 Å². The monoisotopic (exact) mass is 420 g/mol. The standard InChI is InChI=1S/C24H28N4O3/c1-14(2)20-11-18(19-12-25-28(15(3)4)22(19)26-20)23(29)27-13-17-9-7-6-8-16(17)10-21(27)24(30)31-5/h6-9,11-12,14-15,21H,10,13H2,1-5H3. The molecule has 31 heavy (non-hydrogen) atoms. The normalized spacial score (nSPS) is 16.1. The predicted octanol–water partition coefficient (Wildman–Crippen LogP) is 3.88. The molecule has 0 bridgehead atoms. The van der Waals surface area contributed by atoms with Gasteiger partial charge in [0.25, 0.3) is 5.91 Å². The van der Waals surface area contributed by atoms with Crippen molar-refractivity contribution in [3.63, 3.8) is 0 Å². The zero-order valence-corrected chi connectivity index (χ0v) is 18.6. The van der Waals surface area contributed by atoms with Gasteiger partial charge in [-0.05, 0) is 37.0 Å². The van der Waals surface area contributed by atoms with Crippen LogP contribution in [0.5, 0.6) is 0 Å². The van der Waals surface area contributed by atoms with Gasteiger partial charge in [0.15, 0.2) is 5.65 Å². The summed E-state index contributed by atoms with van der Waals surface area (Å²) in [5.74, 6) is -0.470. The van der Waals surface area contributed by atoms with Crippen LogP contribution < -0.4 is 0 Å². The Bertz CT molecular complexity index is 1150. The van der Waals surface area contributed by atoms with Crippen LogP contribution in [0.25, 0.3) is 11.0 Å². The molecule has 0 fully saturated rings. The van der Waals surface area contributed by atoms with Gasteiger partial charge in [0.05, 0.1) is 24.3 Å². The molecule has 162 valence electrons. The van der Waals surface area contributed by atoms with Crippen LogP contribution in [0.1, 0.15) is 66.8 Å². The molecule has 1 atom stereocenters. The highest BCUT2D eigenvalue weighted by atomic mass is 16.5. The Balaban J connectivity index is 1.85. The summed E-state index contributed by atoms with van der Waals surface area (Å²) in [5.41, 5.74) is 4.15. The van der Waals surface area contributed by atoms with Crippen LogP contribution in [0, 0.1) is 0 Å². The number of amides is 1. The van der Waals surface area contributed by atoms with E-state index in [4.69, 9.17) is 9.72 Å². The number of carbonyl (C=O) groups is 2. The molecule has 1 aliphatic rings. The number of esters is 1. The molecule has 1 aliphatic heterocycles. The smallest absolute Gasteiger partial charge is 0.328 e. The number of carbonyl (C=O) groups excluding carboxylic acids is 2. The van der Waals surface area contributed by atoms with E-state index in [0.717, 1.165) is 16.8 Å². The number of methoxy groups -OCH3 is 1. The number of ether oxygens (including phenoxy) is 1. The molecule has 7 nitrogen and oxygen atoms in total. The lowest BCUT2D eigenvalue weighted by molar-refractivity contribution is -0.146. The largest absolute Gasteiger partial charge is 0.467 e. The van der Waals surface area contributed by atoms with Crippen LogP contribution >= 0.6 is 0 Å². The lowest BCUT2D eigenvalue weighted by atomic mass is 9.93. The number of hydrogen-bond donors (Lipinski definition) is 0. The first kappa shape index (κ1) is 21.0. The second kappa shape index (κ2) is 8.13. The highest BCUT2D eigenvalue weighted by Crippen LogP contribution is 2.30. The lowest BCUT2D eigenvalue weighted by Gasteiger charge is -2.35. The van der Waals surface area contributed by atoms with Gasteiger partial charge in [-0.1, -0.05) is 38.1 Å². The van der Waals surface area contributed by atoms with Crippen molar-refractivity contribution < 1.29 is 14.3 Å². The molecule has 3 aromatic rings. The molecule has 1 unspecified atom stereocenters. The first-order valence-corrected chi connectivity index (χ1v) is 10.7. The van der Waals surface area contributed by atoms with E-state index in [-0.39, 0.29) is 17.9 Å². The van der Waals surface area contributed by atoms with E-state index in [1.165, 1.54) is 7.11 Å². The average Bonchev–Trinajstić information content (AvgIpc) is 3.20. The van der Waals surface area contributed by atoms with Crippen LogP contribution in [0.2, 0.25) is 0 Å². The van der Waals surface area contributed by atoms with Gasteiger partial charge in [0, 0.05) is 24.7 Å². The Morgan fingerprint density at radius 3 is 2.48 bits per heavy atom. The lowest BCUT2D eigenvalue weighted by Crippen LogP contribution is -2.49. The Morgan fingerprint density at radius 1 is 1.13 bits per heavy atom. The van der Waals surface area contributed by atoms with Gasteiger partial charge in [0.1, 0.15) is 6.04 Å². The zero-order chi connectivity index (χ0) is 22.3. The van der Waals surface area contributed by atoms with E-state index in [9.17, 15) is 9.59 Å². The van der Waals surface area contributed by atoms with Crippen molar-refractivity contribution in [2.45, 2.75) is 58.7 Å². The molecule has 1 aromatic carbocycles. The highest BCUT2D eigenvalue weighted by Gasteiger charge is 2.36. The minimum Gasteiger partial charge on any atom is -0.467 e. The molecule has 0 spiro atoms. The predicted molar refractivity (Wildman–Crippen MR) is 118 cm³/mol. The zero-order valence-electron chi connectivity index (χ0n) is 18.6. The van der Waals surface area contributed by atoms with Gasteiger partial charge in [-0.25, -0.2) is 14.5 Å². The van der Waals surface area contributed by atoms with Crippen molar-refractivity contribution in [2.24, 2.45) is 0 Å². The number of aromatic nitrogens is 3. The van der Waals surface area contributed by atoms with Gasteiger partial charge in [0.2, 0.25) is 0 Å². The third kappa shape index (κ3) is 3.69. The summed E-state index contributed by atoms with van der Waals surface area (Å²) in [6, 6.07) is 9.19. The number of hydrogen-bond acceptors (Lipinski definition) is 5. The summed E-state index contributed by atoms with van der Waals surface area (Å²) >= 11 is 0. The molecule has 0 radical (unpaired) electrons. The van der Waals surface area contributed by atoms with Crippen LogP contribution in [0.4, 0.5) is 0 Å². The summed E-state index contributed by atoms with van der Waals surface area (Å²) in [6.07, 6.45) is 2.13. The molecule has 2 aromatic heterocycles. The fourth-order valence-electron chi connectivity index (χ4n) is 4.13. The SMILES string of the molecule is COC(=O)C1Cc2ccccc2CN1C(=O)c1cc(C(C)C)nc2c1cnn2C(C)C. The molecule has 0 saturated carbocycles. The number of benzene rings is 1. The van der Waals surface area contributed by atoms with Crippen LogP contribution in [0.3, 0.4) is 0 Å². The molecular formula is C24H28N4O3. The van der Waals surface area contributed by atoms with E-state index in [0.29, 0.717) is 29.6 Å². The summed E-state index contributed by atoms with van der Waals surface area (Å²) in [5, 5.41) is 5.18. The topological polar surface area (TPSA) is 77.3 Å². The van der Waals surface area contributed by atoms with Crippen molar-refractivity contribution in [1.29, 1.82) is 0 Å². The first-order valence-electron chi connectivity index (χ1n) is 10.7. The van der Waals surface area contributed by atoms with Crippen molar-refractivity contribution in [2.75, 3.05) is 7.11 Å². The van der Waals surface area contributed by atoms with Crippen LogP contribution in [-0.4, -0.2) is 44.7 Å². The van der Waals surface area contributed by atoms with Crippen molar-refractivity contribution in [1.82, 2.24) is 19.7 Å². The minimum absolute atomic E-state index is 0.111. The maximum atomic E-state index is 13.9. The Morgan fingerprint density at radius 2 is 1.84 bits per heavy atom. The molecule has 1 amide bonds. The van der Waals surface area contributed by atoms with Crippen LogP contribution in [0.15, 0.2) is 36.5 Å². The number of nitrogens with zero attached hydrogens (tertiary/aromatic N) is 4. The highest BCUT2D eigenvalue weighted by molar-refractivity contribution is 6.06. The van der Waals surface area contributed by atoms with E-state index in [1.807, 2.05) is 62.7 Å². The van der Waals surface area contributed by atoms with Gasteiger partial charge in [-0.15, -0.1) is 0 Å². The molecule has 0 saturated heterocycles. The fraction of sp³-hybridized carbons (Fsp3) is 0.417. The summed E-state index contributed by atoms with van der Waals surface area (Å²) in [4.78, 5) is 32.9. The summed E-state index contributed by atoms with van der Waals surface area (Å²) in [6.45, 7) is 8.52. The fourth-order valence-corrected chi connectivity index (χ4v) is 4.13. The summed E-state index contributed by atoms with van der Waals surface area (Å²) < 4.78 is 6.88. The van der Waals surface area contributed by atoms with Gasteiger partial charge in [-0.2, -0.15) is 5.10 Å². The quantitative estimate of drug-likeness (QED) is 0.599. The number of pyridine rings is 1. The Hall–Kier alpha value is -3.22. The molecule has 0 aliphatic carbocycles. The van der Waals surface area contributed by atoms with Crippen molar-refractivity contribution >= 4 is 22.9 Å². The van der Waals surface area contributed by atoms with E-state index >= 15 is 0 Å². The number of fused-ring (bicyclic) bond motifs is 2. The first-order chi connectivity index (χ1) is 14.8. The third-order valence-electron chi connectivity index (χ3n) is 5.88. The Kier molecular flexibility index (Phi) is 5.52. The van der Waals surface area contributed by atoms with Crippen LogP contribution in [-0.2, 0) is 22.5 Å². The molecular weight excluding hydrogens is 392 g/mol. The maximum Gasteiger partial charge on any atom is 0.328 e. The third-order valence-corrected chi connectivity index (χ3v) is 5.88. The van der Waals surface area contributed by atoms with E-state index < -0.39 is 12.0 Å². The average molecular weight is 421 g/mol. The second-order valence-electron chi connectivity index (χ2n) is 8.61. The second-order valence-corrected chi connectivity index (χ2v) is 8.61. The molecule has 0 N–H and O–H groups in total. The van der Waals surface area contributed by atoms with Gasteiger partial charge in [-0.3, -0.25) is 4.79 Å². The molecule has 7 heteroatoms. The number of rotatable bonds is 4. The van der Waals surface area contributed by atoms with Crippen molar-refractivity contribution in [3.05, 3.63) is 58.9 Å². The van der Waals surface area contributed by atoms with E-state index in [2.05, 4.69) is 5.10 Å². The van der Waals surface area contributed by atoms with Crippen molar-refractivity contribution in [3.8, 4) is 0 Å². The van der Waals surface area contributed by atoms with Gasteiger partial charge < -0.3 is 9.64 Å². The molecule has 4 rings (SSSR count). The maximum absolute atomic E-state index is 13.9. The summed E-state index contributed by atoms with van der Waals surface area (Å²) in [7, 11) is 1.36.